The Morgan fingerprint density at radius 1 is 1.02 bits per heavy atom. The van der Waals surface area contributed by atoms with Gasteiger partial charge in [-0.2, -0.15) is 5.10 Å². The lowest BCUT2D eigenvalue weighted by Crippen LogP contribution is -2.47. The van der Waals surface area contributed by atoms with Crippen LogP contribution in [0.25, 0.3) is 28.2 Å². The number of nitrogens with zero attached hydrogens (tertiary/aromatic N) is 7. The molecule has 7 rings (SSSR count). The fourth-order valence-corrected chi connectivity index (χ4v) is 5.62. The summed E-state index contributed by atoms with van der Waals surface area (Å²) in [5, 5.41) is 7.67. The molecule has 10 heteroatoms. The van der Waals surface area contributed by atoms with Crippen molar-refractivity contribution in [1.29, 1.82) is 0 Å². The zero-order valence-electron chi connectivity index (χ0n) is 23.2. The predicted molar refractivity (Wildman–Crippen MR) is 157 cm³/mol. The summed E-state index contributed by atoms with van der Waals surface area (Å²) in [6.07, 6.45) is 11.6. The molecule has 1 atom stereocenters. The van der Waals surface area contributed by atoms with Gasteiger partial charge in [0.1, 0.15) is 23.5 Å². The van der Waals surface area contributed by atoms with Gasteiger partial charge in [0.05, 0.1) is 49.6 Å². The number of hydrogen-bond donors (Lipinski definition) is 1. The maximum Gasteiger partial charge on any atom is 0.140 e. The quantitative estimate of drug-likeness (QED) is 0.275. The first kappa shape index (κ1) is 25.7. The Balaban J connectivity index is 0.955. The molecule has 0 radical (unpaired) electrons. The Kier molecular flexibility index (Phi) is 7.08. The lowest BCUT2D eigenvalue weighted by Gasteiger charge is -2.34. The van der Waals surface area contributed by atoms with Crippen LogP contribution in [0.2, 0.25) is 0 Å². The van der Waals surface area contributed by atoms with E-state index in [-0.39, 0.29) is 0 Å². The number of imidazole rings is 1. The van der Waals surface area contributed by atoms with Crippen LogP contribution in [0.3, 0.4) is 0 Å². The molecule has 2 aliphatic rings. The molecular formula is C31H34N8O2. The summed E-state index contributed by atoms with van der Waals surface area (Å²) in [6.45, 7) is 5.51. The van der Waals surface area contributed by atoms with Crippen LogP contribution in [0.4, 0.5) is 5.82 Å². The van der Waals surface area contributed by atoms with Crippen molar-refractivity contribution < 1.29 is 9.47 Å². The molecule has 1 N–H and O–H groups in total. The number of fused-ring (bicyclic) bond motifs is 1. The number of benzene rings is 1. The van der Waals surface area contributed by atoms with Crippen molar-refractivity contribution in [3.63, 3.8) is 0 Å². The van der Waals surface area contributed by atoms with E-state index in [1.54, 1.807) is 6.33 Å². The number of anilines is 1. The summed E-state index contributed by atoms with van der Waals surface area (Å²) >= 11 is 0. The molecular weight excluding hydrogens is 516 g/mol. The van der Waals surface area contributed by atoms with Crippen molar-refractivity contribution in [3.05, 3.63) is 79.1 Å². The maximum atomic E-state index is 6.12. The number of hydrogen-bond acceptors (Lipinski definition) is 8. The number of ether oxygens (including phenoxy) is 2. The SMILES string of the molecule is Cn1cc(-c2ccc(CNc3cc(-c4cnc5cc(OCCC6CCN(C7COC7)C6)ccn45)ncn3)cc2)cn1. The molecule has 0 spiro atoms. The van der Waals surface area contributed by atoms with Gasteiger partial charge in [0.25, 0.3) is 0 Å². The van der Waals surface area contributed by atoms with Gasteiger partial charge < -0.3 is 14.8 Å². The third-order valence-corrected chi connectivity index (χ3v) is 8.13. The number of nitrogens with one attached hydrogen (secondary N) is 1. The number of aryl methyl sites for hydroxylation is 1. The first-order valence-electron chi connectivity index (χ1n) is 14.2. The summed E-state index contributed by atoms with van der Waals surface area (Å²) in [6, 6.07) is 15.1. The van der Waals surface area contributed by atoms with E-state index in [1.807, 2.05) is 59.1 Å². The van der Waals surface area contributed by atoms with E-state index in [2.05, 4.69) is 54.5 Å². The monoisotopic (exact) mass is 550 g/mol. The minimum absolute atomic E-state index is 0.635. The minimum atomic E-state index is 0.635. The lowest BCUT2D eigenvalue weighted by atomic mass is 10.1. The standard InChI is InChI=1S/C31H34N8O2/c1-37-18-25(15-36-37)24-4-2-22(3-5-24)14-32-30-13-28(34-21-35-30)29-16-33-31-12-27(7-10-39(29)31)41-11-8-23-6-9-38(17-23)26-19-40-20-26/h2-5,7,10,12-13,15-16,18,21,23,26H,6,8-9,11,14,17,19-20H2,1H3,(H,32,34,35). The largest absolute Gasteiger partial charge is 0.493 e. The summed E-state index contributed by atoms with van der Waals surface area (Å²) in [4.78, 5) is 16.1. The van der Waals surface area contributed by atoms with Crippen molar-refractivity contribution in [1.82, 2.24) is 34.0 Å². The molecule has 0 saturated carbocycles. The van der Waals surface area contributed by atoms with Gasteiger partial charge in [-0.15, -0.1) is 0 Å². The second-order valence-electron chi connectivity index (χ2n) is 11.0. The molecule has 6 heterocycles. The van der Waals surface area contributed by atoms with Crippen LogP contribution in [0.15, 0.2) is 73.6 Å². The Morgan fingerprint density at radius 2 is 1.93 bits per heavy atom. The van der Waals surface area contributed by atoms with E-state index in [1.165, 1.54) is 18.5 Å². The fraction of sp³-hybridized carbons (Fsp3) is 0.355. The predicted octanol–water partition coefficient (Wildman–Crippen LogP) is 4.29. The van der Waals surface area contributed by atoms with Crippen molar-refractivity contribution >= 4 is 11.5 Å². The number of likely N-dealkylation sites (tertiary alicyclic amines) is 1. The van der Waals surface area contributed by atoms with Crippen LogP contribution in [-0.2, 0) is 18.3 Å². The summed E-state index contributed by atoms with van der Waals surface area (Å²) < 4.78 is 15.3. The van der Waals surface area contributed by atoms with Crippen LogP contribution in [-0.4, -0.2) is 73.0 Å². The third kappa shape index (κ3) is 5.66. The normalized spacial score (nSPS) is 17.6. The third-order valence-electron chi connectivity index (χ3n) is 8.13. The highest BCUT2D eigenvalue weighted by molar-refractivity contribution is 5.64. The van der Waals surface area contributed by atoms with E-state index < -0.39 is 0 Å². The molecule has 10 nitrogen and oxygen atoms in total. The highest BCUT2D eigenvalue weighted by atomic mass is 16.5. The van der Waals surface area contributed by atoms with Crippen LogP contribution >= 0.6 is 0 Å². The first-order valence-corrected chi connectivity index (χ1v) is 14.2. The van der Waals surface area contributed by atoms with E-state index in [0.717, 1.165) is 72.5 Å². The smallest absolute Gasteiger partial charge is 0.140 e. The van der Waals surface area contributed by atoms with E-state index >= 15 is 0 Å². The van der Waals surface area contributed by atoms with Crippen LogP contribution < -0.4 is 10.1 Å². The molecule has 0 aliphatic carbocycles. The molecule has 4 aromatic heterocycles. The topological polar surface area (TPSA) is 94.6 Å². The molecule has 0 amide bonds. The summed E-state index contributed by atoms with van der Waals surface area (Å²) in [7, 11) is 1.93. The summed E-state index contributed by atoms with van der Waals surface area (Å²) in [5.41, 5.74) is 5.96. The fourth-order valence-electron chi connectivity index (χ4n) is 5.62. The van der Waals surface area contributed by atoms with Gasteiger partial charge in [0, 0.05) is 50.2 Å². The lowest BCUT2D eigenvalue weighted by molar-refractivity contribution is -0.0582. The molecule has 1 unspecified atom stereocenters. The zero-order chi connectivity index (χ0) is 27.6. The van der Waals surface area contributed by atoms with E-state index in [9.17, 15) is 0 Å². The van der Waals surface area contributed by atoms with Gasteiger partial charge in [-0.1, -0.05) is 24.3 Å². The van der Waals surface area contributed by atoms with Crippen molar-refractivity contribution in [2.75, 3.05) is 38.2 Å². The van der Waals surface area contributed by atoms with Gasteiger partial charge in [0.2, 0.25) is 0 Å². The Labute approximate surface area is 239 Å². The highest BCUT2D eigenvalue weighted by Gasteiger charge is 2.32. The Hall–Kier alpha value is -4.28. The van der Waals surface area contributed by atoms with Crippen molar-refractivity contribution in [3.8, 4) is 28.3 Å². The van der Waals surface area contributed by atoms with Crippen LogP contribution in [0.5, 0.6) is 5.75 Å². The second kappa shape index (κ2) is 11.3. The average molecular weight is 551 g/mol. The molecule has 2 fully saturated rings. The number of rotatable bonds is 10. The first-order chi connectivity index (χ1) is 20.2. The average Bonchev–Trinajstić information content (AvgIpc) is 3.72. The van der Waals surface area contributed by atoms with Gasteiger partial charge >= 0.3 is 0 Å². The zero-order valence-corrected chi connectivity index (χ0v) is 23.2. The van der Waals surface area contributed by atoms with Gasteiger partial charge in [-0.3, -0.25) is 14.0 Å². The van der Waals surface area contributed by atoms with Crippen LogP contribution in [0, 0.1) is 5.92 Å². The van der Waals surface area contributed by atoms with Crippen molar-refractivity contribution in [2.24, 2.45) is 13.0 Å². The summed E-state index contributed by atoms with van der Waals surface area (Å²) in [5.74, 6) is 2.30. The van der Waals surface area contributed by atoms with E-state index in [0.29, 0.717) is 18.5 Å². The second-order valence-corrected chi connectivity index (χ2v) is 11.0. The molecule has 41 heavy (non-hydrogen) atoms. The number of pyridine rings is 1. The van der Waals surface area contributed by atoms with Gasteiger partial charge in [0.15, 0.2) is 0 Å². The Bertz CT molecular complexity index is 1620. The van der Waals surface area contributed by atoms with Crippen molar-refractivity contribution in [2.45, 2.75) is 25.4 Å². The van der Waals surface area contributed by atoms with E-state index in [4.69, 9.17) is 9.47 Å². The molecule has 1 aromatic carbocycles. The van der Waals surface area contributed by atoms with Gasteiger partial charge in [-0.25, -0.2) is 15.0 Å². The maximum absolute atomic E-state index is 6.12. The number of aromatic nitrogens is 6. The Morgan fingerprint density at radius 3 is 2.73 bits per heavy atom. The highest BCUT2D eigenvalue weighted by Crippen LogP contribution is 2.26. The van der Waals surface area contributed by atoms with Gasteiger partial charge in [-0.05, 0) is 42.5 Å². The molecule has 5 aromatic rings. The minimum Gasteiger partial charge on any atom is -0.493 e. The van der Waals surface area contributed by atoms with Crippen LogP contribution in [0.1, 0.15) is 18.4 Å². The molecule has 0 bridgehead atoms. The molecule has 2 aliphatic heterocycles. The molecule has 2 saturated heterocycles. The molecule has 210 valence electrons.